The van der Waals surface area contributed by atoms with Crippen molar-refractivity contribution < 1.29 is 9.47 Å². The quantitative estimate of drug-likeness (QED) is 0.580. The Morgan fingerprint density at radius 3 is 2.64 bits per heavy atom. The highest BCUT2D eigenvalue weighted by molar-refractivity contribution is 4.87. The van der Waals surface area contributed by atoms with Gasteiger partial charge in [0, 0.05) is 0 Å². The lowest BCUT2D eigenvalue weighted by Crippen LogP contribution is -2.06. The second kappa shape index (κ2) is 4.52. The first kappa shape index (κ1) is 8.75. The van der Waals surface area contributed by atoms with Crippen LogP contribution in [-0.2, 0) is 9.47 Å². The van der Waals surface area contributed by atoms with Crippen LogP contribution in [-0.4, -0.2) is 19.5 Å². The third kappa shape index (κ3) is 3.54. The molecule has 0 atom stereocenters. The van der Waals surface area contributed by atoms with Crippen molar-refractivity contribution in [3.05, 3.63) is 12.2 Å². The third-order valence-corrected chi connectivity index (χ3v) is 1.73. The Hall–Kier alpha value is -0.340. The summed E-state index contributed by atoms with van der Waals surface area (Å²) in [5.41, 5.74) is 1.24. The molecule has 0 spiro atoms. The van der Waals surface area contributed by atoms with E-state index in [0.717, 1.165) is 32.5 Å². The van der Waals surface area contributed by atoms with Gasteiger partial charge in [-0.3, -0.25) is 0 Å². The minimum Gasteiger partial charge on any atom is -0.350 e. The summed E-state index contributed by atoms with van der Waals surface area (Å²) in [6.45, 7) is 7.41. The molecule has 0 aliphatic carbocycles. The predicted molar refractivity (Wildman–Crippen MR) is 44.4 cm³/mol. The lowest BCUT2D eigenvalue weighted by Gasteiger charge is -2.07. The van der Waals surface area contributed by atoms with E-state index >= 15 is 0 Å². The van der Waals surface area contributed by atoms with Gasteiger partial charge in [-0.2, -0.15) is 0 Å². The van der Waals surface area contributed by atoms with Gasteiger partial charge in [-0.1, -0.05) is 5.57 Å². The van der Waals surface area contributed by atoms with Gasteiger partial charge in [0.25, 0.3) is 0 Å². The van der Waals surface area contributed by atoms with Crippen LogP contribution in [0.25, 0.3) is 0 Å². The van der Waals surface area contributed by atoms with Crippen molar-refractivity contribution in [3.8, 4) is 0 Å². The monoisotopic (exact) mass is 156 g/mol. The molecule has 0 unspecified atom stereocenters. The molecule has 2 heteroatoms. The fourth-order valence-corrected chi connectivity index (χ4v) is 1.14. The Bertz CT molecular complexity index is 126. The number of ether oxygens (including phenoxy) is 2. The van der Waals surface area contributed by atoms with Crippen molar-refractivity contribution in [2.75, 3.05) is 13.2 Å². The molecular formula is C9H16O2. The van der Waals surface area contributed by atoms with Crippen LogP contribution in [0.1, 0.15) is 26.2 Å². The first-order chi connectivity index (χ1) is 5.29. The van der Waals surface area contributed by atoms with E-state index in [0.29, 0.717) is 0 Å². The molecule has 1 aliphatic rings. The van der Waals surface area contributed by atoms with Gasteiger partial charge in [-0.05, 0) is 26.2 Å². The van der Waals surface area contributed by atoms with Crippen molar-refractivity contribution >= 4 is 0 Å². The Labute approximate surface area is 68.2 Å². The number of hydrogen-bond acceptors (Lipinski definition) is 2. The van der Waals surface area contributed by atoms with Crippen LogP contribution in [0.4, 0.5) is 0 Å². The maximum Gasteiger partial charge on any atom is 0.157 e. The molecule has 0 radical (unpaired) electrons. The van der Waals surface area contributed by atoms with Crippen LogP contribution >= 0.6 is 0 Å². The molecule has 1 aliphatic heterocycles. The molecule has 0 bridgehead atoms. The molecular weight excluding hydrogens is 140 g/mol. The average Bonchev–Trinajstić information content (AvgIpc) is 2.39. The Balaban J connectivity index is 1.98. The lowest BCUT2D eigenvalue weighted by atomic mass is 10.1. The van der Waals surface area contributed by atoms with Gasteiger partial charge in [0.1, 0.15) is 0 Å². The topological polar surface area (TPSA) is 18.5 Å². The number of rotatable bonds is 4. The van der Waals surface area contributed by atoms with Crippen LogP contribution in [0.3, 0.4) is 0 Å². The molecule has 11 heavy (non-hydrogen) atoms. The smallest absolute Gasteiger partial charge is 0.157 e. The SMILES string of the molecule is C=C(C)CCCC1OCCO1. The van der Waals surface area contributed by atoms with Gasteiger partial charge in [0.2, 0.25) is 0 Å². The minimum absolute atomic E-state index is 0.0642. The van der Waals surface area contributed by atoms with E-state index in [9.17, 15) is 0 Å². The van der Waals surface area contributed by atoms with Gasteiger partial charge in [0.05, 0.1) is 13.2 Å². The number of hydrogen-bond donors (Lipinski definition) is 0. The largest absolute Gasteiger partial charge is 0.350 e. The Morgan fingerprint density at radius 1 is 1.45 bits per heavy atom. The maximum absolute atomic E-state index is 5.28. The van der Waals surface area contributed by atoms with E-state index in [1.165, 1.54) is 5.57 Å². The zero-order valence-corrected chi connectivity index (χ0v) is 7.14. The van der Waals surface area contributed by atoms with Crippen molar-refractivity contribution in [3.63, 3.8) is 0 Å². The molecule has 0 aromatic rings. The van der Waals surface area contributed by atoms with Crippen LogP contribution in [0.2, 0.25) is 0 Å². The summed E-state index contributed by atoms with van der Waals surface area (Å²) in [5.74, 6) is 0. The van der Waals surface area contributed by atoms with Crippen molar-refractivity contribution in [1.29, 1.82) is 0 Å². The number of allylic oxidation sites excluding steroid dienone is 1. The summed E-state index contributed by atoms with van der Waals surface area (Å²) in [6, 6.07) is 0. The summed E-state index contributed by atoms with van der Waals surface area (Å²) in [6.07, 6.45) is 3.28. The van der Waals surface area contributed by atoms with Gasteiger partial charge < -0.3 is 9.47 Å². The molecule has 0 amide bonds. The summed E-state index contributed by atoms with van der Waals surface area (Å²) in [4.78, 5) is 0. The van der Waals surface area contributed by atoms with Gasteiger partial charge >= 0.3 is 0 Å². The molecule has 0 aromatic heterocycles. The second-order valence-corrected chi connectivity index (χ2v) is 3.02. The summed E-state index contributed by atoms with van der Waals surface area (Å²) in [5, 5.41) is 0. The first-order valence-corrected chi connectivity index (χ1v) is 4.16. The van der Waals surface area contributed by atoms with Crippen molar-refractivity contribution in [2.45, 2.75) is 32.5 Å². The lowest BCUT2D eigenvalue weighted by molar-refractivity contribution is -0.0475. The molecule has 0 N–H and O–H groups in total. The molecule has 2 nitrogen and oxygen atoms in total. The van der Waals surface area contributed by atoms with Gasteiger partial charge in [0.15, 0.2) is 6.29 Å². The highest BCUT2D eigenvalue weighted by Crippen LogP contribution is 2.13. The molecule has 1 heterocycles. The molecule has 1 fully saturated rings. The molecule has 0 aromatic carbocycles. The van der Waals surface area contributed by atoms with E-state index < -0.39 is 0 Å². The first-order valence-electron chi connectivity index (χ1n) is 4.16. The fourth-order valence-electron chi connectivity index (χ4n) is 1.14. The fraction of sp³-hybridized carbons (Fsp3) is 0.778. The third-order valence-electron chi connectivity index (χ3n) is 1.73. The van der Waals surface area contributed by atoms with Crippen LogP contribution in [0, 0.1) is 0 Å². The van der Waals surface area contributed by atoms with Crippen LogP contribution in [0.15, 0.2) is 12.2 Å². The zero-order chi connectivity index (χ0) is 8.10. The second-order valence-electron chi connectivity index (χ2n) is 3.02. The van der Waals surface area contributed by atoms with Gasteiger partial charge in [-0.15, -0.1) is 6.58 Å². The van der Waals surface area contributed by atoms with E-state index in [-0.39, 0.29) is 6.29 Å². The minimum atomic E-state index is 0.0642. The van der Waals surface area contributed by atoms with Gasteiger partial charge in [-0.25, -0.2) is 0 Å². The Morgan fingerprint density at radius 2 is 2.09 bits per heavy atom. The molecule has 64 valence electrons. The standard InChI is InChI=1S/C9H16O2/c1-8(2)4-3-5-9-10-6-7-11-9/h9H,1,3-7H2,2H3. The van der Waals surface area contributed by atoms with E-state index in [1.54, 1.807) is 0 Å². The Kier molecular flexibility index (Phi) is 3.60. The van der Waals surface area contributed by atoms with Crippen LogP contribution in [0.5, 0.6) is 0 Å². The van der Waals surface area contributed by atoms with E-state index in [4.69, 9.17) is 9.47 Å². The van der Waals surface area contributed by atoms with E-state index in [1.807, 2.05) is 0 Å². The van der Waals surface area contributed by atoms with E-state index in [2.05, 4.69) is 13.5 Å². The molecule has 1 rings (SSSR count). The highest BCUT2D eigenvalue weighted by atomic mass is 16.7. The molecule has 1 saturated heterocycles. The maximum atomic E-state index is 5.28. The summed E-state index contributed by atoms with van der Waals surface area (Å²) >= 11 is 0. The van der Waals surface area contributed by atoms with Crippen molar-refractivity contribution in [2.24, 2.45) is 0 Å². The highest BCUT2D eigenvalue weighted by Gasteiger charge is 2.14. The van der Waals surface area contributed by atoms with Crippen LogP contribution < -0.4 is 0 Å². The zero-order valence-electron chi connectivity index (χ0n) is 7.14. The normalized spacial score (nSPS) is 19.0. The van der Waals surface area contributed by atoms with Crippen molar-refractivity contribution in [1.82, 2.24) is 0 Å². The molecule has 0 saturated carbocycles. The predicted octanol–water partition coefficient (Wildman–Crippen LogP) is 2.11. The summed E-state index contributed by atoms with van der Waals surface area (Å²) in [7, 11) is 0. The summed E-state index contributed by atoms with van der Waals surface area (Å²) < 4.78 is 10.6. The average molecular weight is 156 g/mol.